The summed E-state index contributed by atoms with van der Waals surface area (Å²) in [5.74, 6) is -4.85. The van der Waals surface area contributed by atoms with Gasteiger partial charge in [0.25, 0.3) is 0 Å². The lowest BCUT2D eigenvalue weighted by atomic mass is 9.96. The number of nitrogens with two attached hydrogens (primary N) is 3. The van der Waals surface area contributed by atoms with Crippen LogP contribution in [0.4, 0.5) is 0 Å². The van der Waals surface area contributed by atoms with Crippen LogP contribution in [-0.4, -0.2) is 63.4 Å². The summed E-state index contributed by atoms with van der Waals surface area (Å²) in [4.78, 5) is 44.5. The van der Waals surface area contributed by atoms with Gasteiger partial charge in [0, 0.05) is 24.1 Å². The number of pyridine rings is 1. The van der Waals surface area contributed by atoms with E-state index in [-0.39, 0.29) is 50.0 Å². The Morgan fingerprint density at radius 3 is 2.09 bits per heavy atom. The zero-order valence-corrected chi connectivity index (χ0v) is 18.2. The summed E-state index contributed by atoms with van der Waals surface area (Å²) in [6.07, 6.45) is 1.98. The van der Waals surface area contributed by atoms with E-state index < -0.39 is 48.1 Å². The highest BCUT2D eigenvalue weighted by Crippen LogP contribution is 2.22. The van der Waals surface area contributed by atoms with Gasteiger partial charge < -0.3 is 47.2 Å². The van der Waals surface area contributed by atoms with Crippen LogP contribution in [0, 0.1) is 0 Å². The molecule has 1 aromatic heterocycles. The molecule has 13 heteroatoms. The first-order valence-corrected chi connectivity index (χ1v) is 10.2. The molecule has 4 unspecified atom stereocenters. The summed E-state index contributed by atoms with van der Waals surface area (Å²) in [6.45, 7) is 1.21. The van der Waals surface area contributed by atoms with E-state index >= 15 is 0 Å². The lowest BCUT2D eigenvalue weighted by molar-refractivity contribution is -0.704. The number of hydrogen-bond donors (Lipinski definition) is 6. The quantitative estimate of drug-likeness (QED) is 0.116. The van der Waals surface area contributed by atoms with Crippen LogP contribution in [0.25, 0.3) is 0 Å². The average Bonchev–Trinajstić information content (AvgIpc) is 2.71. The first-order valence-electron chi connectivity index (χ1n) is 10.2. The van der Waals surface area contributed by atoms with E-state index in [0.717, 1.165) is 0 Å². The van der Waals surface area contributed by atoms with Gasteiger partial charge in [-0.2, -0.15) is 4.57 Å². The first-order chi connectivity index (χ1) is 15.3. The van der Waals surface area contributed by atoms with Crippen molar-refractivity contribution in [1.29, 1.82) is 0 Å². The van der Waals surface area contributed by atoms with E-state index in [9.17, 15) is 29.4 Å². The fraction of sp³-hybridized carbons (Fsp3) is 0.550. The van der Waals surface area contributed by atoms with E-state index in [1.54, 1.807) is 0 Å². The largest absolute Gasteiger partial charge is 0.548 e. The van der Waals surface area contributed by atoms with Crippen molar-refractivity contribution in [3.8, 4) is 5.75 Å². The summed E-state index contributed by atoms with van der Waals surface area (Å²) in [6, 6.07) is -3.75. The normalized spacial score (nSPS) is 14.7. The number of carboxylic acids is 3. The molecule has 0 amide bonds. The van der Waals surface area contributed by atoms with Gasteiger partial charge in [0.1, 0.15) is 12.1 Å². The van der Waals surface area contributed by atoms with Crippen molar-refractivity contribution in [1.82, 2.24) is 0 Å². The van der Waals surface area contributed by atoms with Crippen molar-refractivity contribution in [3.63, 3.8) is 0 Å². The van der Waals surface area contributed by atoms with Crippen molar-refractivity contribution < 1.29 is 48.9 Å². The summed E-state index contributed by atoms with van der Waals surface area (Å²) in [5.41, 5.74) is 17.2. The smallest absolute Gasteiger partial charge is 0.320 e. The predicted octanol–water partition coefficient (Wildman–Crippen LogP) is -3.23. The van der Waals surface area contributed by atoms with Gasteiger partial charge >= 0.3 is 17.9 Å². The number of nitrogens with zero attached hydrogens (tertiary/aromatic N) is 1. The Balaban J connectivity index is 3.21. The van der Waals surface area contributed by atoms with Crippen LogP contribution in [0.1, 0.15) is 37.3 Å². The lowest BCUT2D eigenvalue weighted by Gasteiger charge is -2.18. The zero-order valence-electron chi connectivity index (χ0n) is 18.2. The number of aromatic nitrogens is 1. The minimum Gasteiger partial charge on any atom is -0.548 e. The Kier molecular flexibility index (Phi) is 10.7. The van der Waals surface area contributed by atoms with Crippen LogP contribution in [-0.2, 0) is 43.3 Å². The molecule has 0 aliphatic carbocycles. The SMILES string of the molecule is CC(=O)OC(CCC(N)C(=O)O)C[n+]1cc(O)c(CC(N)C(=O)[O-])c(CCC(N)C(=O)O)c1. The molecule has 0 radical (unpaired) electrons. The highest BCUT2D eigenvalue weighted by molar-refractivity contribution is 5.73. The molecule has 1 rings (SSSR count). The maximum absolute atomic E-state index is 11.5. The van der Waals surface area contributed by atoms with E-state index in [2.05, 4.69) is 0 Å². The minimum absolute atomic E-state index is 0.00676. The Labute approximate surface area is 189 Å². The average molecular weight is 470 g/mol. The number of rotatable bonds is 14. The number of aliphatic carboxylic acids is 3. The minimum atomic E-state index is -1.52. The van der Waals surface area contributed by atoms with Crippen molar-refractivity contribution in [2.75, 3.05) is 0 Å². The molecular weight excluding hydrogens is 440 g/mol. The number of hydrogen-bond acceptors (Lipinski definition) is 10. The molecule has 0 saturated carbocycles. The van der Waals surface area contributed by atoms with Gasteiger partial charge in [0.2, 0.25) is 6.20 Å². The topological polar surface area (TPSA) is 243 Å². The molecule has 0 aliphatic rings. The zero-order chi connectivity index (χ0) is 25.3. The molecule has 0 aromatic carbocycles. The summed E-state index contributed by atoms with van der Waals surface area (Å²) < 4.78 is 6.69. The molecule has 0 saturated heterocycles. The predicted molar refractivity (Wildman–Crippen MR) is 109 cm³/mol. The van der Waals surface area contributed by atoms with Gasteiger partial charge in [-0.15, -0.1) is 0 Å². The number of carbonyl (C=O) groups is 4. The molecular formula is C20H30N4O9. The van der Waals surface area contributed by atoms with Crippen LogP contribution in [0.5, 0.6) is 5.75 Å². The number of carboxylic acid groups (broad SMARTS) is 3. The molecule has 0 bridgehead atoms. The summed E-state index contributed by atoms with van der Waals surface area (Å²) >= 11 is 0. The summed E-state index contributed by atoms with van der Waals surface area (Å²) in [5, 5.41) is 39.5. The Bertz CT molecular complexity index is 877. The van der Waals surface area contributed by atoms with E-state index in [1.165, 1.54) is 23.9 Å². The van der Waals surface area contributed by atoms with Gasteiger partial charge in [-0.3, -0.25) is 14.4 Å². The third-order valence-corrected chi connectivity index (χ3v) is 4.94. The van der Waals surface area contributed by atoms with Crippen LogP contribution in [0.15, 0.2) is 12.4 Å². The van der Waals surface area contributed by atoms with Crippen LogP contribution in [0.3, 0.4) is 0 Å². The molecule has 9 N–H and O–H groups in total. The Morgan fingerprint density at radius 2 is 1.58 bits per heavy atom. The molecule has 4 atom stereocenters. The number of ether oxygens (including phenoxy) is 1. The number of carbonyl (C=O) groups excluding carboxylic acids is 2. The number of esters is 1. The fourth-order valence-corrected chi connectivity index (χ4v) is 3.16. The number of aromatic hydroxyl groups is 1. The second kappa shape index (κ2) is 12.7. The first kappa shape index (κ1) is 27.7. The third kappa shape index (κ3) is 9.39. The monoisotopic (exact) mass is 470 g/mol. The van der Waals surface area contributed by atoms with Crippen molar-refractivity contribution in [3.05, 3.63) is 23.5 Å². The maximum atomic E-state index is 11.5. The highest BCUT2D eigenvalue weighted by atomic mass is 16.5. The maximum Gasteiger partial charge on any atom is 0.320 e. The Morgan fingerprint density at radius 1 is 1.00 bits per heavy atom. The van der Waals surface area contributed by atoms with Gasteiger partial charge in [-0.25, -0.2) is 0 Å². The summed E-state index contributed by atoms with van der Waals surface area (Å²) in [7, 11) is 0. The van der Waals surface area contributed by atoms with E-state index in [0.29, 0.717) is 5.56 Å². The van der Waals surface area contributed by atoms with Gasteiger partial charge in [-0.1, -0.05) is 0 Å². The van der Waals surface area contributed by atoms with Crippen LogP contribution < -0.4 is 26.9 Å². The van der Waals surface area contributed by atoms with E-state index in [4.69, 9.17) is 32.2 Å². The molecule has 0 fully saturated rings. The standard InChI is InChI=1S/C20H30N4O9/c1-10(25)33-12(3-5-15(22)19(29)30)8-24-7-11(2-4-14(21)18(27)28)13(17(26)9-24)6-16(23)20(31)32/h7,9,12,14-16H,2-6,8,21-23H2,1H3,(H3-,26,27,28,29,30,31,32). The van der Waals surface area contributed by atoms with Gasteiger partial charge in [0.05, 0.1) is 5.97 Å². The molecule has 0 spiro atoms. The van der Waals surface area contributed by atoms with E-state index in [1.807, 2.05) is 0 Å². The molecule has 184 valence electrons. The van der Waals surface area contributed by atoms with Crippen LogP contribution in [0.2, 0.25) is 0 Å². The molecule has 13 nitrogen and oxygen atoms in total. The van der Waals surface area contributed by atoms with Gasteiger partial charge in [-0.05, 0) is 32.1 Å². The fourth-order valence-electron chi connectivity index (χ4n) is 3.16. The Hall–Kier alpha value is -3.29. The second-order valence-electron chi connectivity index (χ2n) is 7.71. The second-order valence-corrected chi connectivity index (χ2v) is 7.71. The van der Waals surface area contributed by atoms with Gasteiger partial charge in [0.15, 0.2) is 24.6 Å². The molecule has 1 aromatic rings. The lowest BCUT2D eigenvalue weighted by Crippen LogP contribution is -2.45. The van der Waals surface area contributed by atoms with Crippen molar-refractivity contribution in [2.45, 2.75) is 69.8 Å². The number of aryl methyl sites for hydroxylation is 1. The molecule has 1 heterocycles. The van der Waals surface area contributed by atoms with Crippen molar-refractivity contribution >= 4 is 23.9 Å². The molecule has 0 aliphatic heterocycles. The van der Waals surface area contributed by atoms with Crippen molar-refractivity contribution in [2.24, 2.45) is 17.2 Å². The molecule has 33 heavy (non-hydrogen) atoms. The highest BCUT2D eigenvalue weighted by Gasteiger charge is 2.25. The van der Waals surface area contributed by atoms with Crippen LogP contribution >= 0.6 is 0 Å². The third-order valence-electron chi connectivity index (χ3n) is 4.94.